The summed E-state index contributed by atoms with van der Waals surface area (Å²) in [6.45, 7) is 11.2. The Morgan fingerprint density at radius 1 is 0.277 bits per heavy atom. The van der Waals surface area contributed by atoms with Crippen LogP contribution in [-0.4, -0.2) is 72.5 Å². The monoisotopic (exact) mass is 1710 g/mol. The average molecular weight is 1710 g/mol. The van der Waals surface area contributed by atoms with Gasteiger partial charge in [0.1, 0.15) is 5.67 Å². The van der Waals surface area contributed by atoms with Crippen LogP contribution in [0.4, 0.5) is 4.39 Å². The normalized spacial score (nSPS) is 32.2. The van der Waals surface area contributed by atoms with Crippen LogP contribution < -0.4 is 0 Å². The van der Waals surface area contributed by atoms with Crippen LogP contribution in [0, 0.1) is 87.8 Å². The lowest BCUT2D eigenvalue weighted by Gasteiger charge is -2.56. The Labute approximate surface area is 724 Å². The quantitative estimate of drug-likeness (QED) is 0.156. The number of alkyl halides is 1. The zero-order valence-electron chi connectivity index (χ0n) is 68.4. The maximum absolute atomic E-state index is 14.0. The molecule has 22 heteroatoms. The van der Waals surface area contributed by atoms with E-state index < -0.39 is 5.67 Å². The van der Waals surface area contributed by atoms with E-state index >= 15 is 0 Å². The lowest BCUT2D eigenvalue weighted by molar-refractivity contribution is -0.0387. The summed E-state index contributed by atoms with van der Waals surface area (Å²) >= 11 is 13.4. The van der Waals surface area contributed by atoms with Crippen LogP contribution in [0.25, 0.3) is 78.8 Å². The number of hydrogen-bond donors (Lipinski definition) is 0. The van der Waals surface area contributed by atoms with Crippen molar-refractivity contribution in [1.82, 2.24) is 66.9 Å². The van der Waals surface area contributed by atoms with Crippen LogP contribution in [0.3, 0.4) is 0 Å². The predicted octanol–water partition coefficient (Wildman–Crippen LogP) is 26.3. The summed E-state index contributed by atoms with van der Waals surface area (Å²) in [6, 6.07) is 19.7. The highest BCUT2D eigenvalue weighted by molar-refractivity contribution is 7.12. The lowest BCUT2D eigenvalue weighted by Crippen LogP contribution is -2.45. The third-order valence-corrected chi connectivity index (χ3v) is 39.7. The van der Waals surface area contributed by atoms with E-state index in [0.29, 0.717) is 60.0 Å². The first-order valence-electron chi connectivity index (χ1n) is 44.6. The molecule has 10 saturated carbocycles. The van der Waals surface area contributed by atoms with Crippen molar-refractivity contribution in [2.45, 2.75) is 211 Å². The third-order valence-electron chi connectivity index (χ3n) is 32.8. The van der Waals surface area contributed by atoms with E-state index in [1.807, 2.05) is 167 Å². The smallest absolute Gasteiger partial charge is 0.114 e. The number of nitrogens with zero attached hydrogens (tertiary/aromatic N) is 14. The average Bonchev–Trinajstić information content (AvgIpc) is 1.53. The molecule has 21 heterocycles. The summed E-state index contributed by atoms with van der Waals surface area (Å²) in [5.74, 6) is 9.95. The molecule has 10 fully saturated rings. The number of halogens is 1. The second-order valence-corrected chi connectivity index (χ2v) is 46.4. The van der Waals surface area contributed by atoms with Gasteiger partial charge in [-0.3, -0.25) is 0 Å². The van der Waals surface area contributed by atoms with Crippen LogP contribution in [-0.2, 0) is 0 Å². The molecule has 31 rings (SSSR count). The van der Waals surface area contributed by atoms with Gasteiger partial charge in [-0.25, -0.2) is 39.3 Å². The van der Waals surface area contributed by atoms with E-state index in [1.165, 1.54) is 199 Å². The Morgan fingerprint density at radius 2 is 0.462 bits per heavy atom. The molecule has 610 valence electrons. The molecule has 0 bridgehead atoms. The van der Waals surface area contributed by atoms with Crippen molar-refractivity contribution in [2.75, 3.05) is 0 Å². The summed E-state index contributed by atoms with van der Waals surface area (Å²) in [5, 5.41) is 15.5. The van der Waals surface area contributed by atoms with Gasteiger partial charge in [-0.2, -0.15) is 0 Å². The molecule has 0 amide bonds. The molecular formula is C97H103FN14S7. The Bertz CT molecular complexity index is 5280. The minimum atomic E-state index is -0.870. The van der Waals surface area contributed by atoms with Gasteiger partial charge < -0.3 is 32.0 Å². The summed E-state index contributed by atoms with van der Waals surface area (Å²) in [6.07, 6.45) is 55.9. The number of thiophene rings is 7. The van der Waals surface area contributed by atoms with Gasteiger partial charge in [0, 0.05) is 73.1 Å². The predicted molar refractivity (Wildman–Crippen MR) is 481 cm³/mol. The van der Waals surface area contributed by atoms with Crippen molar-refractivity contribution in [3.05, 3.63) is 202 Å². The SMILES string of the molecule is CC1(F)[C@@H]2CC([C@H]3c4sccc4-c4cncn43)C[C@@H]21.CC1CC([C@@H]2c3sccc3-c3cncn32)C1.CC1CC([C@@H]2c3sccc3-c3cncn32)C1.CC1CC([C@H]2c3sccc3-c3cncn32)C1.CC1CC([C@H]2c3sccc3-c3cncn32)C1.c1cc2c(s1)C(C1CC3(CCC3)C1)n1cncc1-2.c1cc2c(s1)C(C1CC3(CCC3)C1)n1cncc1-2. The van der Waals surface area contributed by atoms with Crippen molar-refractivity contribution >= 4 is 79.4 Å². The number of hydrogen-bond acceptors (Lipinski definition) is 14. The molecule has 4 unspecified atom stereocenters. The number of fused-ring (bicyclic) bond motifs is 22. The Morgan fingerprint density at radius 3 is 0.639 bits per heavy atom. The van der Waals surface area contributed by atoms with Crippen LogP contribution in [0.15, 0.2) is 168 Å². The van der Waals surface area contributed by atoms with Crippen LogP contribution in [0.5, 0.6) is 0 Å². The Hall–Kier alpha value is -7.70. The van der Waals surface area contributed by atoms with Gasteiger partial charge in [0.25, 0.3) is 0 Å². The summed E-state index contributed by atoms with van der Waals surface area (Å²) in [4.78, 5) is 41.1. The van der Waals surface area contributed by atoms with Crippen molar-refractivity contribution in [3.8, 4) is 78.8 Å². The second-order valence-electron chi connectivity index (χ2n) is 39.8. The third kappa shape index (κ3) is 11.6. The van der Waals surface area contributed by atoms with Gasteiger partial charge in [-0.05, 0) is 290 Å². The minimum Gasteiger partial charge on any atom is -0.322 e. The second kappa shape index (κ2) is 28.2. The first-order chi connectivity index (χ1) is 58.3. The van der Waals surface area contributed by atoms with Crippen molar-refractivity contribution in [3.63, 3.8) is 0 Å². The highest BCUT2D eigenvalue weighted by atomic mass is 32.1. The molecule has 119 heavy (non-hydrogen) atoms. The van der Waals surface area contributed by atoms with Crippen LogP contribution >= 0.6 is 79.4 Å². The fourth-order valence-corrected chi connectivity index (χ4v) is 34.2. The minimum absolute atomic E-state index is 0.313. The molecule has 2 spiro atoms. The lowest BCUT2D eigenvalue weighted by atomic mass is 9.50. The molecule has 0 saturated heterocycles. The van der Waals surface area contributed by atoms with E-state index in [1.54, 1.807) is 36.2 Å². The van der Waals surface area contributed by atoms with Gasteiger partial charge in [0.15, 0.2) is 0 Å². The molecule has 7 aliphatic heterocycles. The Balaban J connectivity index is 0.0000000772. The molecule has 0 radical (unpaired) electrons. The number of aromatic nitrogens is 14. The number of rotatable bonds is 7. The van der Waals surface area contributed by atoms with E-state index in [4.69, 9.17) is 0 Å². The maximum atomic E-state index is 14.0. The zero-order valence-corrected chi connectivity index (χ0v) is 74.1. The molecular weight excluding hydrogens is 1600 g/mol. The fraction of sp³-hybridized carbons (Fsp3) is 0.495. The maximum Gasteiger partial charge on any atom is 0.114 e. The van der Waals surface area contributed by atoms with Crippen molar-refractivity contribution < 1.29 is 4.39 Å². The molecule has 10 aliphatic carbocycles. The van der Waals surface area contributed by atoms with Crippen LogP contribution in [0.2, 0.25) is 0 Å². The van der Waals surface area contributed by atoms with Gasteiger partial charge in [0.2, 0.25) is 0 Å². The fourth-order valence-electron chi connectivity index (χ4n) is 26.5. The zero-order chi connectivity index (χ0) is 79.1. The molecule has 14 aromatic heterocycles. The van der Waals surface area contributed by atoms with Gasteiger partial charge >= 0.3 is 0 Å². The summed E-state index contributed by atoms with van der Waals surface area (Å²) < 4.78 is 30.7. The van der Waals surface area contributed by atoms with Crippen molar-refractivity contribution in [2.24, 2.45) is 87.8 Å². The highest BCUT2D eigenvalue weighted by Gasteiger charge is 2.68. The molecule has 14 aromatic rings. The van der Waals surface area contributed by atoms with Gasteiger partial charge in [-0.1, -0.05) is 40.5 Å². The first kappa shape index (κ1) is 74.0. The summed E-state index contributed by atoms with van der Waals surface area (Å²) in [5.41, 5.74) is 19.8. The highest BCUT2D eigenvalue weighted by Crippen LogP contribution is 2.70. The van der Waals surface area contributed by atoms with E-state index in [9.17, 15) is 4.39 Å². The van der Waals surface area contributed by atoms with Gasteiger partial charge in [0.05, 0.1) is 170 Å². The van der Waals surface area contributed by atoms with Gasteiger partial charge in [-0.15, -0.1) is 79.4 Å². The topological polar surface area (TPSA) is 125 Å². The molecule has 14 nitrogen and oxygen atoms in total. The van der Waals surface area contributed by atoms with Crippen LogP contribution in [0.1, 0.15) is 239 Å². The number of imidazole rings is 7. The molecule has 17 aliphatic rings. The standard InChI is InChI=1S/C15H15FN2S.2C15H16N2S.4C13H14N2S/c1-15(16)10-4-8(5-11(10)15)13-14-9(2-3-19-14)12-6-17-7-18(12)13;2*1-3-15(4-1)6-10(7-15)13-14-11(2-5-18-14)12-8-16-9-17(12)13;4*1-8-4-9(5-8)12-13-10(2-3-16-13)11-6-14-7-15(11)12/h2-3,6-8,10-11,13H,4-5H2,1H3;2*2,5,8-10,13H,1,3-4,6-7H2;4*2-3,6-9,12H,4-5H2,1H3/t8?,10-,11+,13-,15?;;;4*8?,9?,12-/m0..1100/s1. The molecule has 11 atom stereocenters. The van der Waals surface area contributed by atoms with Crippen molar-refractivity contribution in [1.29, 1.82) is 0 Å². The van der Waals surface area contributed by atoms with E-state index in [-0.39, 0.29) is 0 Å². The largest absolute Gasteiger partial charge is 0.322 e. The molecule has 0 aromatic carbocycles. The molecule has 0 N–H and O–H groups in total. The van der Waals surface area contributed by atoms with E-state index in [0.717, 1.165) is 82.9 Å². The van der Waals surface area contributed by atoms with E-state index in [2.05, 4.69) is 175 Å². The first-order valence-corrected chi connectivity index (χ1v) is 50.8. The Kier molecular flexibility index (Phi) is 17.5. The summed E-state index contributed by atoms with van der Waals surface area (Å²) in [7, 11) is 0.